The Kier molecular flexibility index (Phi) is 10.0. The quantitative estimate of drug-likeness (QED) is 0.200. The van der Waals surface area contributed by atoms with Gasteiger partial charge in [0, 0.05) is 82.2 Å². The van der Waals surface area contributed by atoms with Crippen molar-refractivity contribution in [3.8, 4) is 5.75 Å². The van der Waals surface area contributed by atoms with Crippen LogP contribution in [0.3, 0.4) is 0 Å². The van der Waals surface area contributed by atoms with Crippen LogP contribution in [0.1, 0.15) is 43.2 Å². The molecule has 1 saturated carbocycles. The van der Waals surface area contributed by atoms with Crippen LogP contribution >= 0.6 is 12.2 Å². The average Bonchev–Trinajstić information content (AvgIpc) is 3.57. The van der Waals surface area contributed by atoms with Gasteiger partial charge in [-0.25, -0.2) is 4.79 Å². The second-order valence-corrected chi connectivity index (χ2v) is 15.2. The predicted octanol–water partition coefficient (Wildman–Crippen LogP) is 6.22. The van der Waals surface area contributed by atoms with Crippen molar-refractivity contribution in [1.82, 2.24) is 20.1 Å². The fourth-order valence-corrected chi connectivity index (χ4v) is 9.63. The topological polar surface area (TPSA) is 73.4 Å². The third-order valence-corrected chi connectivity index (χ3v) is 12.0. The number of rotatable bonds is 10. The highest BCUT2D eigenvalue weighted by Crippen LogP contribution is 2.54. The van der Waals surface area contributed by atoms with E-state index in [1.807, 2.05) is 23.5 Å². The van der Waals surface area contributed by atoms with E-state index in [1.54, 1.807) is 19.4 Å². The van der Waals surface area contributed by atoms with Crippen LogP contribution in [0.2, 0.25) is 0 Å². The summed E-state index contributed by atoms with van der Waals surface area (Å²) >= 11 is 1.31. The molecule has 1 aliphatic carbocycles. The number of hydrogen-bond acceptors (Lipinski definition) is 9. The minimum atomic E-state index is -0.295. The summed E-state index contributed by atoms with van der Waals surface area (Å²) in [6.07, 6.45) is 8.83. The first-order valence-corrected chi connectivity index (χ1v) is 18.3. The summed E-state index contributed by atoms with van der Waals surface area (Å²) < 4.78 is 14.0. The van der Waals surface area contributed by atoms with Gasteiger partial charge >= 0.3 is 6.09 Å². The van der Waals surface area contributed by atoms with Crippen LogP contribution in [0.15, 0.2) is 73.1 Å². The number of piperidine rings is 1. The van der Waals surface area contributed by atoms with E-state index in [0.29, 0.717) is 17.8 Å². The first kappa shape index (κ1) is 33.0. The van der Waals surface area contributed by atoms with Crippen LogP contribution in [0.5, 0.6) is 5.75 Å². The lowest BCUT2D eigenvalue weighted by Crippen LogP contribution is -2.58. The number of benzene rings is 2. The highest BCUT2D eigenvalue weighted by Gasteiger charge is 2.55. The van der Waals surface area contributed by atoms with E-state index in [1.165, 1.54) is 41.9 Å². The van der Waals surface area contributed by atoms with Crippen LogP contribution in [0.25, 0.3) is 0 Å². The maximum atomic E-state index is 12.4. The fraction of sp³-hybridized carbons (Fsp3) is 0.526. The fourth-order valence-electron chi connectivity index (χ4n) is 9.11. The second kappa shape index (κ2) is 14.6. The highest BCUT2D eigenvalue weighted by atomic mass is 32.2. The summed E-state index contributed by atoms with van der Waals surface area (Å²) in [4.78, 5) is 24.2. The SMILES string of the molecule is CNC(=O)O[C@H]1CCCC1C1(C2CCN(CC3CN(c4ccc(OSN(C)c5ccncc5)cc4)C3)CC2)CN(C)Cc2ccccc21. The molecule has 3 aromatic rings. The molecule has 3 fully saturated rings. The Bertz CT molecular complexity index is 1510. The molecule has 4 aliphatic rings. The van der Waals surface area contributed by atoms with Gasteiger partial charge in [0.1, 0.15) is 11.9 Å². The maximum Gasteiger partial charge on any atom is 0.407 e. The van der Waals surface area contributed by atoms with Gasteiger partial charge in [0.05, 0.1) is 5.69 Å². The van der Waals surface area contributed by atoms with Crippen LogP contribution in [-0.2, 0) is 16.7 Å². The van der Waals surface area contributed by atoms with Gasteiger partial charge in [-0.3, -0.25) is 9.29 Å². The van der Waals surface area contributed by atoms with E-state index in [4.69, 9.17) is 8.92 Å². The molecule has 2 aromatic carbocycles. The third kappa shape index (κ3) is 6.84. The first-order valence-electron chi connectivity index (χ1n) is 17.6. The molecule has 0 bridgehead atoms. The molecule has 10 heteroatoms. The number of fused-ring (bicyclic) bond motifs is 1. The minimum absolute atomic E-state index is 0.000958. The zero-order chi connectivity index (χ0) is 33.1. The molecule has 3 atom stereocenters. The number of pyridine rings is 1. The molecule has 256 valence electrons. The number of ether oxygens (including phenoxy) is 1. The zero-order valence-corrected chi connectivity index (χ0v) is 29.4. The van der Waals surface area contributed by atoms with Gasteiger partial charge in [0.25, 0.3) is 0 Å². The second-order valence-electron chi connectivity index (χ2n) is 14.3. The van der Waals surface area contributed by atoms with Crippen molar-refractivity contribution in [2.45, 2.75) is 50.2 Å². The molecule has 0 spiro atoms. The predicted molar refractivity (Wildman–Crippen MR) is 193 cm³/mol. The van der Waals surface area contributed by atoms with Crippen LogP contribution in [-0.4, -0.2) is 87.4 Å². The van der Waals surface area contributed by atoms with Crippen LogP contribution in [0.4, 0.5) is 16.2 Å². The number of anilines is 2. The number of alkyl carbamates (subject to hydrolysis) is 1. The molecule has 4 heterocycles. The van der Waals surface area contributed by atoms with E-state index in [0.717, 1.165) is 76.5 Å². The number of likely N-dealkylation sites (tertiary alicyclic amines) is 1. The maximum absolute atomic E-state index is 12.4. The Morgan fingerprint density at radius 2 is 1.77 bits per heavy atom. The standard InChI is InChI=1S/C38H50N6O3S/c1-39-37(45)46-36-10-6-9-35(36)38(27-41(2)26-29-7-4-5-8-34(29)38)30-17-21-43(22-18-30)23-28-24-44(25-28)32-11-13-33(14-12-32)47-48-42(3)31-15-19-40-20-16-31/h4-5,7-8,11-16,19-20,28,30,35-36H,6,9-10,17-18,21-27H2,1-3H3,(H,39,45)/t35?,36-,38?/m0/s1. The number of likely N-dealkylation sites (N-methyl/N-ethyl adjacent to an activating group) is 1. The summed E-state index contributed by atoms with van der Waals surface area (Å²) in [5, 5.41) is 2.71. The molecule has 2 saturated heterocycles. The molecule has 3 aliphatic heterocycles. The van der Waals surface area contributed by atoms with Gasteiger partial charge in [0.2, 0.25) is 0 Å². The number of aromatic nitrogens is 1. The molecular weight excluding hydrogens is 621 g/mol. The number of nitrogens with one attached hydrogen (secondary N) is 1. The van der Waals surface area contributed by atoms with Crippen LogP contribution in [0, 0.1) is 17.8 Å². The van der Waals surface area contributed by atoms with Gasteiger partial charge in [-0.1, -0.05) is 24.3 Å². The zero-order valence-electron chi connectivity index (χ0n) is 28.6. The summed E-state index contributed by atoms with van der Waals surface area (Å²) in [5.41, 5.74) is 5.27. The molecule has 2 unspecified atom stereocenters. The summed E-state index contributed by atoms with van der Waals surface area (Å²) in [6, 6.07) is 21.5. The smallest absolute Gasteiger partial charge is 0.407 e. The van der Waals surface area contributed by atoms with E-state index < -0.39 is 0 Å². The van der Waals surface area contributed by atoms with Crippen LogP contribution < -0.4 is 18.7 Å². The van der Waals surface area contributed by atoms with Gasteiger partial charge < -0.3 is 28.9 Å². The van der Waals surface area contributed by atoms with Gasteiger partial charge in [-0.15, -0.1) is 0 Å². The minimum Gasteiger partial charge on any atom is -0.446 e. The van der Waals surface area contributed by atoms with Gasteiger partial charge in [0.15, 0.2) is 12.2 Å². The normalized spacial score (nSPS) is 25.3. The number of hydrogen-bond donors (Lipinski definition) is 1. The lowest BCUT2D eigenvalue weighted by Gasteiger charge is -2.54. The number of nitrogens with zero attached hydrogens (tertiary/aromatic N) is 5. The van der Waals surface area contributed by atoms with Crippen molar-refractivity contribution >= 4 is 29.7 Å². The lowest BCUT2D eigenvalue weighted by atomic mass is 9.56. The molecule has 1 N–H and O–H groups in total. The van der Waals surface area contributed by atoms with E-state index in [-0.39, 0.29) is 17.6 Å². The molecular formula is C38H50N6O3S. The van der Waals surface area contributed by atoms with E-state index in [2.05, 4.69) is 80.6 Å². The van der Waals surface area contributed by atoms with E-state index >= 15 is 0 Å². The monoisotopic (exact) mass is 670 g/mol. The Morgan fingerprint density at radius 1 is 1.02 bits per heavy atom. The third-order valence-electron chi connectivity index (χ3n) is 11.3. The Labute approximate surface area is 290 Å². The Balaban J connectivity index is 0.945. The molecule has 7 rings (SSSR count). The van der Waals surface area contributed by atoms with Crippen molar-refractivity contribution < 1.29 is 13.7 Å². The summed E-state index contributed by atoms with van der Waals surface area (Å²) in [5.74, 6) is 2.45. The van der Waals surface area contributed by atoms with Gasteiger partial charge in [-0.2, -0.15) is 0 Å². The van der Waals surface area contributed by atoms with Gasteiger partial charge in [-0.05, 0) is 106 Å². The van der Waals surface area contributed by atoms with Crippen molar-refractivity contribution in [3.05, 3.63) is 84.2 Å². The van der Waals surface area contributed by atoms with Crippen molar-refractivity contribution in [1.29, 1.82) is 0 Å². The Morgan fingerprint density at radius 3 is 2.52 bits per heavy atom. The molecule has 1 aromatic heterocycles. The number of carbonyl (C=O) groups is 1. The molecule has 9 nitrogen and oxygen atoms in total. The highest BCUT2D eigenvalue weighted by molar-refractivity contribution is 7.96. The van der Waals surface area contributed by atoms with Crippen molar-refractivity contribution in [3.63, 3.8) is 0 Å². The Hall–Kier alpha value is -3.47. The summed E-state index contributed by atoms with van der Waals surface area (Å²) in [7, 11) is 5.92. The molecule has 1 amide bonds. The lowest BCUT2D eigenvalue weighted by molar-refractivity contribution is -0.0106. The number of carbonyl (C=O) groups excluding carboxylic acids is 1. The number of amides is 1. The molecule has 48 heavy (non-hydrogen) atoms. The molecule has 0 radical (unpaired) electrons. The van der Waals surface area contributed by atoms with E-state index in [9.17, 15) is 4.79 Å². The first-order chi connectivity index (χ1) is 23.4. The largest absolute Gasteiger partial charge is 0.446 e. The van der Waals surface area contributed by atoms with Crippen molar-refractivity contribution in [2.75, 3.05) is 69.6 Å². The average molecular weight is 671 g/mol. The van der Waals surface area contributed by atoms with Crippen molar-refractivity contribution in [2.24, 2.45) is 17.8 Å². The summed E-state index contributed by atoms with van der Waals surface area (Å²) in [6.45, 7) is 7.66.